The van der Waals surface area contributed by atoms with Crippen LogP contribution >= 0.6 is 11.3 Å². The van der Waals surface area contributed by atoms with Gasteiger partial charge >= 0.3 is 0 Å². The van der Waals surface area contributed by atoms with Gasteiger partial charge in [-0.25, -0.2) is 4.98 Å². The molecule has 0 saturated carbocycles. The van der Waals surface area contributed by atoms with Crippen molar-refractivity contribution in [3.05, 3.63) is 45.4 Å². The summed E-state index contributed by atoms with van der Waals surface area (Å²) in [5, 5.41) is 13.3. The quantitative estimate of drug-likeness (QED) is 0.854. The molecule has 1 atom stereocenters. The molecule has 0 unspecified atom stereocenters. The normalized spacial score (nSPS) is 12.1. The predicted octanol–water partition coefficient (Wildman–Crippen LogP) is 3.67. The molecule has 22 heavy (non-hydrogen) atoms. The molecule has 1 aromatic heterocycles. The van der Waals surface area contributed by atoms with Crippen molar-refractivity contribution in [2.24, 2.45) is 0 Å². The summed E-state index contributed by atoms with van der Waals surface area (Å²) in [7, 11) is 0. The first-order valence-electron chi connectivity index (χ1n) is 7.50. The second-order valence-corrected chi connectivity index (χ2v) is 6.62. The van der Waals surface area contributed by atoms with Crippen LogP contribution in [-0.2, 0) is 11.2 Å². The first-order chi connectivity index (χ1) is 10.5. The third kappa shape index (κ3) is 4.31. The SMILES string of the molecule is CC[C@@H](NC(=O)CCc1ccc(O)cc1)c1nc(C)c(C)s1. The van der Waals surface area contributed by atoms with Crippen LogP contribution in [0.3, 0.4) is 0 Å². The van der Waals surface area contributed by atoms with E-state index in [9.17, 15) is 9.90 Å². The van der Waals surface area contributed by atoms with Gasteiger partial charge < -0.3 is 10.4 Å². The number of thiazole rings is 1. The molecule has 2 N–H and O–H groups in total. The molecule has 2 rings (SSSR count). The average molecular weight is 318 g/mol. The van der Waals surface area contributed by atoms with E-state index in [0.717, 1.165) is 22.7 Å². The zero-order valence-electron chi connectivity index (χ0n) is 13.2. The lowest BCUT2D eigenvalue weighted by Gasteiger charge is -2.14. The highest BCUT2D eigenvalue weighted by Crippen LogP contribution is 2.25. The van der Waals surface area contributed by atoms with Crippen molar-refractivity contribution >= 4 is 17.2 Å². The number of rotatable bonds is 6. The third-order valence-electron chi connectivity index (χ3n) is 3.66. The maximum absolute atomic E-state index is 12.1. The molecular weight excluding hydrogens is 296 g/mol. The number of amides is 1. The van der Waals surface area contributed by atoms with Crippen molar-refractivity contribution in [1.29, 1.82) is 0 Å². The standard InChI is InChI=1S/C17H22N2O2S/c1-4-15(17-18-11(2)12(3)22-17)19-16(21)10-7-13-5-8-14(20)9-6-13/h5-6,8-9,15,20H,4,7,10H2,1-3H3,(H,19,21)/t15-/m1/s1. The van der Waals surface area contributed by atoms with Gasteiger partial charge in [-0.15, -0.1) is 11.3 Å². The summed E-state index contributed by atoms with van der Waals surface area (Å²) in [5.41, 5.74) is 2.08. The highest BCUT2D eigenvalue weighted by Gasteiger charge is 2.17. The van der Waals surface area contributed by atoms with E-state index in [4.69, 9.17) is 0 Å². The van der Waals surface area contributed by atoms with E-state index in [0.29, 0.717) is 12.8 Å². The number of aromatic hydroxyl groups is 1. The lowest BCUT2D eigenvalue weighted by atomic mass is 10.1. The smallest absolute Gasteiger partial charge is 0.220 e. The van der Waals surface area contributed by atoms with Gasteiger partial charge in [0, 0.05) is 11.3 Å². The second-order valence-electron chi connectivity index (χ2n) is 5.39. The number of carbonyl (C=O) groups excluding carboxylic acids is 1. The number of hydrogen-bond donors (Lipinski definition) is 2. The lowest BCUT2D eigenvalue weighted by Crippen LogP contribution is -2.28. The molecule has 1 heterocycles. The molecule has 118 valence electrons. The predicted molar refractivity (Wildman–Crippen MR) is 89.2 cm³/mol. The molecule has 0 fully saturated rings. The largest absolute Gasteiger partial charge is 0.508 e. The molecule has 0 aliphatic rings. The monoisotopic (exact) mass is 318 g/mol. The van der Waals surface area contributed by atoms with Crippen LogP contribution in [0.25, 0.3) is 0 Å². The molecule has 1 aromatic carbocycles. The van der Waals surface area contributed by atoms with Crippen LogP contribution in [0.5, 0.6) is 5.75 Å². The van der Waals surface area contributed by atoms with Crippen molar-refractivity contribution in [3.8, 4) is 5.75 Å². The molecule has 0 spiro atoms. The van der Waals surface area contributed by atoms with Gasteiger partial charge in [-0.05, 0) is 44.4 Å². The van der Waals surface area contributed by atoms with Gasteiger partial charge in [0.2, 0.25) is 5.91 Å². The molecular formula is C17H22N2O2S. The Hall–Kier alpha value is -1.88. The molecule has 2 aromatic rings. The van der Waals surface area contributed by atoms with E-state index >= 15 is 0 Å². The minimum Gasteiger partial charge on any atom is -0.508 e. The molecule has 5 heteroatoms. The van der Waals surface area contributed by atoms with Crippen molar-refractivity contribution in [3.63, 3.8) is 0 Å². The number of nitrogens with one attached hydrogen (secondary N) is 1. The first kappa shape index (κ1) is 16.5. The van der Waals surface area contributed by atoms with Crippen LogP contribution in [0.2, 0.25) is 0 Å². The number of nitrogens with zero attached hydrogens (tertiary/aromatic N) is 1. The number of aromatic nitrogens is 1. The molecule has 0 bridgehead atoms. The minimum absolute atomic E-state index is 0.00952. The maximum atomic E-state index is 12.1. The van der Waals surface area contributed by atoms with E-state index in [1.807, 2.05) is 19.1 Å². The summed E-state index contributed by atoms with van der Waals surface area (Å²) in [5.74, 6) is 0.277. The van der Waals surface area contributed by atoms with E-state index < -0.39 is 0 Å². The highest BCUT2D eigenvalue weighted by atomic mass is 32.1. The topological polar surface area (TPSA) is 62.2 Å². The number of phenols is 1. The number of phenolic OH excluding ortho intramolecular Hbond substituents is 1. The molecule has 0 radical (unpaired) electrons. The van der Waals surface area contributed by atoms with E-state index in [2.05, 4.69) is 24.1 Å². The number of aryl methyl sites for hydroxylation is 3. The van der Waals surface area contributed by atoms with E-state index in [-0.39, 0.29) is 17.7 Å². The summed E-state index contributed by atoms with van der Waals surface area (Å²) in [6.07, 6.45) is 1.93. The summed E-state index contributed by atoms with van der Waals surface area (Å²) >= 11 is 1.65. The van der Waals surface area contributed by atoms with Crippen LogP contribution < -0.4 is 5.32 Å². The Morgan fingerprint density at radius 1 is 1.32 bits per heavy atom. The zero-order chi connectivity index (χ0) is 16.1. The van der Waals surface area contributed by atoms with Crippen LogP contribution in [0.15, 0.2) is 24.3 Å². The average Bonchev–Trinajstić information content (AvgIpc) is 2.83. The van der Waals surface area contributed by atoms with Crippen LogP contribution in [0.4, 0.5) is 0 Å². The fourth-order valence-corrected chi connectivity index (χ4v) is 3.23. The molecule has 0 saturated heterocycles. The van der Waals surface area contributed by atoms with Crippen molar-refractivity contribution in [1.82, 2.24) is 10.3 Å². The second kappa shape index (κ2) is 7.40. The van der Waals surface area contributed by atoms with Crippen LogP contribution in [0.1, 0.15) is 46.9 Å². The maximum Gasteiger partial charge on any atom is 0.220 e. The highest BCUT2D eigenvalue weighted by molar-refractivity contribution is 7.11. The Labute approximate surface area is 135 Å². The minimum atomic E-state index is -0.00952. The van der Waals surface area contributed by atoms with Crippen molar-refractivity contribution < 1.29 is 9.90 Å². The Morgan fingerprint density at radius 3 is 2.55 bits per heavy atom. The number of carbonyl (C=O) groups is 1. The van der Waals surface area contributed by atoms with Crippen molar-refractivity contribution in [2.75, 3.05) is 0 Å². The summed E-state index contributed by atoms with van der Waals surface area (Å²) in [6, 6.07) is 6.96. The van der Waals surface area contributed by atoms with Gasteiger partial charge in [-0.2, -0.15) is 0 Å². The Bertz CT molecular complexity index is 615. The van der Waals surface area contributed by atoms with Gasteiger partial charge in [0.15, 0.2) is 0 Å². The van der Waals surface area contributed by atoms with Crippen LogP contribution in [-0.4, -0.2) is 16.0 Å². The van der Waals surface area contributed by atoms with E-state index in [1.54, 1.807) is 23.5 Å². The van der Waals surface area contributed by atoms with Crippen molar-refractivity contribution in [2.45, 2.75) is 46.1 Å². The summed E-state index contributed by atoms with van der Waals surface area (Å²) in [6.45, 7) is 6.10. The van der Waals surface area contributed by atoms with E-state index in [1.165, 1.54) is 4.88 Å². The number of hydrogen-bond acceptors (Lipinski definition) is 4. The first-order valence-corrected chi connectivity index (χ1v) is 8.32. The zero-order valence-corrected chi connectivity index (χ0v) is 14.0. The molecule has 4 nitrogen and oxygen atoms in total. The summed E-state index contributed by atoms with van der Waals surface area (Å²) in [4.78, 5) is 17.9. The third-order valence-corrected chi connectivity index (χ3v) is 4.85. The molecule has 0 aliphatic heterocycles. The van der Waals surface area contributed by atoms with Gasteiger partial charge in [0.25, 0.3) is 0 Å². The van der Waals surface area contributed by atoms with Gasteiger partial charge in [-0.1, -0.05) is 19.1 Å². The summed E-state index contributed by atoms with van der Waals surface area (Å²) < 4.78 is 0. The van der Waals surface area contributed by atoms with Gasteiger partial charge in [0.05, 0.1) is 11.7 Å². The Kier molecular flexibility index (Phi) is 5.55. The fourth-order valence-electron chi connectivity index (χ4n) is 2.17. The van der Waals surface area contributed by atoms with Gasteiger partial charge in [-0.3, -0.25) is 4.79 Å². The Balaban J connectivity index is 1.90. The number of benzene rings is 1. The van der Waals surface area contributed by atoms with Gasteiger partial charge in [0.1, 0.15) is 10.8 Å². The lowest BCUT2D eigenvalue weighted by molar-refractivity contribution is -0.121. The molecule has 1 amide bonds. The Morgan fingerprint density at radius 2 is 2.00 bits per heavy atom. The van der Waals surface area contributed by atoms with Crippen LogP contribution in [0, 0.1) is 13.8 Å². The molecule has 0 aliphatic carbocycles. The fraction of sp³-hybridized carbons (Fsp3) is 0.412.